The first-order valence-corrected chi connectivity index (χ1v) is 9.01. The van der Waals surface area contributed by atoms with E-state index in [1.807, 2.05) is 54.6 Å². The van der Waals surface area contributed by atoms with E-state index in [0.29, 0.717) is 5.57 Å². The monoisotopic (exact) mass is 366 g/mol. The molecular weight excluding hydrogens is 348 g/mol. The Hall–Kier alpha value is -3.75. The number of carbonyl (C=O) groups excluding carboxylic acids is 1. The van der Waals surface area contributed by atoms with Gasteiger partial charge >= 0.3 is 0 Å². The standard InChI is InChI=1S/C23H18N4O/c24-10-8-23(28)27-15-21(20-6-1-2-7-22(20)27)18(13-25)12-16-4-3-5-17-14-26-11-9-19(16)17/h1-7,9,11-12,14-15H,8,10,24H2. The number of hydrogen-bond donors (Lipinski definition) is 1. The number of benzene rings is 2. The molecule has 0 saturated carbocycles. The summed E-state index contributed by atoms with van der Waals surface area (Å²) in [5.41, 5.74) is 8.50. The summed E-state index contributed by atoms with van der Waals surface area (Å²) in [6, 6.07) is 17.7. The third kappa shape index (κ3) is 3.07. The maximum atomic E-state index is 12.5. The van der Waals surface area contributed by atoms with Crippen LogP contribution in [0.2, 0.25) is 0 Å². The quantitative estimate of drug-likeness (QED) is 0.547. The second-order valence-corrected chi connectivity index (χ2v) is 6.48. The Labute approximate surface area is 162 Å². The van der Waals surface area contributed by atoms with Crippen molar-refractivity contribution in [3.63, 3.8) is 0 Å². The number of nitrogens with two attached hydrogens (primary N) is 1. The van der Waals surface area contributed by atoms with Crippen molar-refractivity contribution in [2.75, 3.05) is 6.54 Å². The van der Waals surface area contributed by atoms with E-state index in [2.05, 4.69) is 11.1 Å². The highest BCUT2D eigenvalue weighted by Gasteiger charge is 2.16. The van der Waals surface area contributed by atoms with Gasteiger partial charge in [-0.3, -0.25) is 14.3 Å². The van der Waals surface area contributed by atoms with Crippen LogP contribution in [0.4, 0.5) is 0 Å². The number of aromatic nitrogens is 2. The predicted octanol–water partition coefficient (Wildman–Crippen LogP) is 4.24. The molecule has 0 aliphatic rings. The van der Waals surface area contributed by atoms with Crippen LogP contribution in [0.15, 0.2) is 67.1 Å². The predicted molar refractivity (Wildman–Crippen MR) is 111 cm³/mol. The molecule has 0 unspecified atom stereocenters. The summed E-state index contributed by atoms with van der Waals surface area (Å²) in [4.78, 5) is 16.6. The lowest BCUT2D eigenvalue weighted by molar-refractivity contribution is 0.0911. The van der Waals surface area contributed by atoms with Crippen LogP contribution in [0, 0.1) is 11.3 Å². The summed E-state index contributed by atoms with van der Waals surface area (Å²) >= 11 is 0. The third-order valence-electron chi connectivity index (χ3n) is 4.76. The van der Waals surface area contributed by atoms with Crippen LogP contribution in [-0.4, -0.2) is 22.0 Å². The van der Waals surface area contributed by atoms with Crippen molar-refractivity contribution >= 4 is 39.2 Å². The van der Waals surface area contributed by atoms with Crippen molar-refractivity contribution < 1.29 is 4.79 Å². The Morgan fingerprint density at radius 3 is 2.82 bits per heavy atom. The second kappa shape index (κ2) is 7.47. The molecule has 0 fully saturated rings. The highest BCUT2D eigenvalue weighted by Crippen LogP contribution is 2.30. The molecule has 2 N–H and O–H groups in total. The molecule has 0 spiro atoms. The van der Waals surface area contributed by atoms with Crippen LogP contribution in [0.1, 0.15) is 22.3 Å². The molecule has 0 aliphatic carbocycles. The highest BCUT2D eigenvalue weighted by molar-refractivity contribution is 6.06. The molecule has 2 heterocycles. The maximum Gasteiger partial charge on any atom is 0.232 e. The molecule has 2 aromatic heterocycles. The Kier molecular flexibility index (Phi) is 4.71. The molecule has 2 aromatic carbocycles. The number of carbonyl (C=O) groups is 1. The summed E-state index contributed by atoms with van der Waals surface area (Å²) in [6.45, 7) is 0.283. The Bertz CT molecular complexity index is 1260. The first-order chi connectivity index (χ1) is 13.7. The van der Waals surface area contributed by atoms with Gasteiger partial charge in [0.25, 0.3) is 0 Å². The van der Waals surface area contributed by atoms with E-state index in [0.717, 1.165) is 32.8 Å². The van der Waals surface area contributed by atoms with Gasteiger partial charge in [-0.1, -0.05) is 36.4 Å². The molecule has 0 amide bonds. The average Bonchev–Trinajstić information content (AvgIpc) is 3.12. The molecule has 136 valence electrons. The Morgan fingerprint density at radius 2 is 2.00 bits per heavy atom. The van der Waals surface area contributed by atoms with Crippen molar-refractivity contribution in [3.05, 3.63) is 78.2 Å². The molecular formula is C23H18N4O. The van der Waals surface area contributed by atoms with E-state index in [-0.39, 0.29) is 18.9 Å². The van der Waals surface area contributed by atoms with Gasteiger partial charge in [-0.15, -0.1) is 0 Å². The van der Waals surface area contributed by atoms with Gasteiger partial charge in [-0.25, -0.2) is 0 Å². The van der Waals surface area contributed by atoms with E-state index in [9.17, 15) is 10.1 Å². The first kappa shape index (κ1) is 17.7. The number of nitriles is 1. The van der Waals surface area contributed by atoms with Crippen molar-refractivity contribution in [3.8, 4) is 6.07 Å². The fraction of sp³-hybridized carbons (Fsp3) is 0.0870. The molecule has 0 aliphatic heterocycles. The van der Waals surface area contributed by atoms with E-state index in [4.69, 9.17) is 5.73 Å². The van der Waals surface area contributed by atoms with Crippen LogP contribution in [0.25, 0.3) is 33.3 Å². The van der Waals surface area contributed by atoms with E-state index in [1.165, 1.54) is 0 Å². The minimum absolute atomic E-state index is 0.0847. The lowest BCUT2D eigenvalue weighted by Gasteiger charge is -2.03. The number of para-hydroxylation sites is 1. The van der Waals surface area contributed by atoms with Gasteiger partial charge in [0.05, 0.1) is 17.2 Å². The lowest BCUT2D eigenvalue weighted by atomic mass is 10.00. The summed E-state index contributed by atoms with van der Waals surface area (Å²) in [5.74, 6) is -0.0847. The molecule has 5 nitrogen and oxygen atoms in total. The van der Waals surface area contributed by atoms with Gasteiger partial charge in [0, 0.05) is 47.9 Å². The lowest BCUT2D eigenvalue weighted by Crippen LogP contribution is -2.14. The second-order valence-electron chi connectivity index (χ2n) is 6.48. The van der Waals surface area contributed by atoms with Crippen molar-refractivity contribution in [1.29, 1.82) is 5.26 Å². The summed E-state index contributed by atoms with van der Waals surface area (Å²) in [6.07, 6.45) is 7.39. The minimum Gasteiger partial charge on any atom is -0.330 e. The zero-order valence-electron chi connectivity index (χ0n) is 15.2. The number of allylic oxidation sites excluding steroid dienone is 1. The van der Waals surface area contributed by atoms with Gasteiger partial charge in [-0.05, 0) is 29.2 Å². The summed E-state index contributed by atoms with van der Waals surface area (Å²) < 4.78 is 1.59. The van der Waals surface area contributed by atoms with E-state index >= 15 is 0 Å². The Morgan fingerprint density at radius 1 is 1.14 bits per heavy atom. The van der Waals surface area contributed by atoms with Crippen LogP contribution in [-0.2, 0) is 0 Å². The average molecular weight is 366 g/mol. The zero-order valence-corrected chi connectivity index (χ0v) is 15.2. The molecule has 5 heteroatoms. The normalized spacial score (nSPS) is 11.6. The zero-order chi connectivity index (χ0) is 19.5. The number of pyridine rings is 1. The fourth-order valence-electron chi connectivity index (χ4n) is 3.44. The third-order valence-corrected chi connectivity index (χ3v) is 4.76. The summed E-state index contributed by atoms with van der Waals surface area (Å²) in [7, 11) is 0. The molecule has 0 atom stereocenters. The molecule has 0 radical (unpaired) electrons. The van der Waals surface area contributed by atoms with Crippen LogP contribution in [0.5, 0.6) is 0 Å². The minimum atomic E-state index is -0.0847. The molecule has 0 saturated heterocycles. The number of fused-ring (bicyclic) bond motifs is 2. The van der Waals surface area contributed by atoms with Crippen molar-refractivity contribution in [1.82, 2.24) is 9.55 Å². The van der Waals surface area contributed by atoms with Gasteiger partial charge < -0.3 is 5.73 Å². The molecule has 28 heavy (non-hydrogen) atoms. The topological polar surface area (TPSA) is 84.7 Å². The number of rotatable bonds is 4. The van der Waals surface area contributed by atoms with Gasteiger partial charge in [0.2, 0.25) is 5.91 Å². The van der Waals surface area contributed by atoms with Gasteiger partial charge in [0.15, 0.2) is 0 Å². The molecule has 0 bridgehead atoms. The SMILES string of the molecule is N#CC(=Cc1cccc2cnccc12)c1cn(C(=O)CCN)c2ccccc12. The molecule has 4 aromatic rings. The van der Waals surface area contributed by atoms with Crippen LogP contribution >= 0.6 is 0 Å². The maximum absolute atomic E-state index is 12.5. The van der Waals surface area contributed by atoms with Gasteiger partial charge in [-0.2, -0.15) is 5.26 Å². The fourth-order valence-corrected chi connectivity index (χ4v) is 3.44. The largest absolute Gasteiger partial charge is 0.330 e. The first-order valence-electron chi connectivity index (χ1n) is 9.01. The van der Waals surface area contributed by atoms with Crippen molar-refractivity contribution in [2.24, 2.45) is 5.73 Å². The Balaban J connectivity index is 1.92. The van der Waals surface area contributed by atoms with Crippen LogP contribution < -0.4 is 5.73 Å². The van der Waals surface area contributed by atoms with Crippen LogP contribution in [0.3, 0.4) is 0 Å². The van der Waals surface area contributed by atoms with E-state index in [1.54, 1.807) is 23.2 Å². The number of nitrogens with zero attached hydrogens (tertiary/aromatic N) is 3. The molecule has 4 rings (SSSR count). The number of hydrogen-bond acceptors (Lipinski definition) is 4. The van der Waals surface area contributed by atoms with Gasteiger partial charge in [0.1, 0.15) is 0 Å². The highest BCUT2D eigenvalue weighted by atomic mass is 16.2. The van der Waals surface area contributed by atoms with Crippen molar-refractivity contribution in [2.45, 2.75) is 6.42 Å². The summed E-state index contributed by atoms with van der Waals surface area (Å²) in [5, 5.41) is 12.8. The van der Waals surface area contributed by atoms with E-state index < -0.39 is 0 Å². The smallest absolute Gasteiger partial charge is 0.232 e.